The van der Waals surface area contributed by atoms with Crippen LogP contribution in [0.25, 0.3) is 0 Å². The van der Waals surface area contributed by atoms with E-state index in [1.807, 2.05) is 32.9 Å². The molecule has 1 aliphatic heterocycles. The second kappa shape index (κ2) is 8.13. The van der Waals surface area contributed by atoms with E-state index in [2.05, 4.69) is 20.9 Å². The van der Waals surface area contributed by atoms with Gasteiger partial charge in [0.15, 0.2) is 0 Å². The number of ether oxygens (including phenoxy) is 3. The molecule has 26 heavy (non-hydrogen) atoms. The largest absolute Gasteiger partial charge is 0.474 e. The molecular weight excluding hydrogens is 400 g/mol. The Hall–Kier alpha value is -1.34. The normalized spacial score (nSPS) is 24.1. The highest BCUT2D eigenvalue weighted by Gasteiger charge is 2.35. The third-order valence-electron chi connectivity index (χ3n) is 4.51. The molecule has 1 saturated carbocycles. The molecule has 2 heterocycles. The van der Waals surface area contributed by atoms with E-state index >= 15 is 0 Å². The molecule has 1 saturated heterocycles. The summed E-state index contributed by atoms with van der Waals surface area (Å²) in [6, 6.07) is 3.75. The molecule has 1 amide bonds. The molecule has 2 aliphatic rings. The Kier molecular flexibility index (Phi) is 6.07. The van der Waals surface area contributed by atoms with Crippen LogP contribution >= 0.6 is 15.9 Å². The molecule has 1 aromatic rings. The molecule has 144 valence electrons. The maximum absolute atomic E-state index is 12.1. The summed E-state index contributed by atoms with van der Waals surface area (Å²) in [7, 11) is 0. The van der Waals surface area contributed by atoms with Gasteiger partial charge in [-0.25, -0.2) is 9.78 Å². The van der Waals surface area contributed by atoms with Crippen LogP contribution in [0.3, 0.4) is 0 Å². The first-order chi connectivity index (χ1) is 12.3. The Morgan fingerprint density at radius 3 is 2.50 bits per heavy atom. The van der Waals surface area contributed by atoms with Gasteiger partial charge in [-0.1, -0.05) is 15.9 Å². The van der Waals surface area contributed by atoms with Gasteiger partial charge < -0.3 is 19.1 Å². The highest BCUT2D eigenvalue weighted by Crippen LogP contribution is 2.31. The van der Waals surface area contributed by atoms with Crippen LogP contribution in [0.4, 0.5) is 4.79 Å². The van der Waals surface area contributed by atoms with Crippen molar-refractivity contribution in [3.63, 3.8) is 0 Å². The first-order valence-corrected chi connectivity index (χ1v) is 9.99. The van der Waals surface area contributed by atoms with Crippen LogP contribution in [0.5, 0.6) is 5.88 Å². The van der Waals surface area contributed by atoms with Crippen molar-refractivity contribution in [1.29, 1.82) is 0 Å². The van der Waals surface area contributed by atoms with E-state index in [4.69, 9.17) is 14.2 Å². The summed E-state index contributed by atoms with van der Waals surface area (Å²) in [5.41, 5.74) is -0.450. The van der Waals surface area contributed by atoms with Gasteiger partial charge in [-0.2, -0.15) is 0 Å². The van der Waals surface area contributed by atoms with E-state index < -0.39 is 5.60 Å². The first kappa shape index (κ1) is 19.4. The Morgan fingerprint density at radius 2 is 1.88 bits per heavy atom. The summed E-state index contributed by atoms with van der Waals surface area (Å²) in [5, 5.41) is 0. The molecule has 0 spiro atoms. The standard InChI is InChI=1S/C19H27BrN2O4/c1-19(2,3)26-18(23)22-8-5-14(6-9-22)24-15-11-16(12-15)25-17-10-13(20)4-7-21-17/h4,7,10,14-16H,5-6,8-9,11-12H2,1-3H3/t15-,16-. The molecule has 0 N–H and O–H groups in total. The average Bonchev–Trinajstić information content (AvgIpc) is 2.52. The van der Waals surface area contributed by atoms with Crippen LogP contribution in [-0.2, 0) is 9.47 Å². The number of hydrogen-bond donors (Lipinski definition) is 0. The second-order valence-corrected chi connectivity index (χ2v) is 8.86. The third-order valence-corrected chi connectivity index (χ3v) is 5.01. The molecule has 0 atom stereocenters. The highest BCUT2D eigenvalue weighted by molar-refractivity contribution is 9.10. The van der Waals surface area contributed by atoms with E-state index in [1.54, 1.807) is 11.1 Å². The molecule has 3 rings (SSSR count). The number of aromatic nitrogens is 1. The van der Waals surface area contributed by atoms with Gasteiger partial charge in [0.1, 0.15) is 11.7 Å². The maximum Gasteiger partial charge on any atom is 0.410 e. The lowest BCUT2D eigenvalue weighted by Crippen LogP contribution is -2.46. The van der Waals surface area contributed by atoms with Gasteiger partial charge in [0.25, 0.3) is 0 Å². The number of nitrogens with zero attached hydrogens (tertiary/aromatic N) is 2. The number of carbonyl (C=O) groups excluding carboxylic acids is 1. The van der Waals surface area contributed by atoms with Gasteiger partial charge in [-0.05, 0) is 39.7 Å². The van der Waals surface area contributed by atoms with E-state index in [0.29, 0.717) is 19.0 Å². The van der Waals surface area contributed by atoms with Crippen molar-refractivity contribution in [3.05, 3.63) is 22.8 Å². The quantitative estimate of drug-likeness (QED) is 0.722. The van der Waals surface area contributed by atoms with E-state index in [-0.39, 0.29) is 24.4 Å². The van der Waals surface area contributed by atoms with Crippen LogP contribution in [0.15, 0.2) is 22.8 Å². The van der Waals surface area contributed by atoms with Crippen molar-refractivity contribution in [2.24, 2.45) is 0 Å². The molecule has 0 unspecified atom stereocenters. The predicted molar refractivity (Wildman–Crippen MR) is 101 cm³/mol. The van der Waals surface area contributed by atoms with Crippen molar-refractivity contribution in [2.75, 3.05) is 13.1 Å². The number of rotatable bonds is 4. The van der Waals surface area contributed by atoms with Crippen molar-refractivity contribution in [2.45, 2.75) is 70.4 Å². The minimum absolute atomic E-state index is 0.170. The number of amides is 1. The smallest absolute Gasteiger partial charge is 0.410 e. The van der Waals surface area contributed by atoms with Crippen LogP contribution in [0.2, 0.25) is 0 Å². The fraction of sp³-hybridized carbons (Fsp3) is 0.684. The Balaban J connectivity index is 1.34. The summed E-state index contributed by atoms with van der Waals surface area (Å²) in [6.07, 6.45) is 5.61. The lowest BCUT2D eigenvalue weighted by molar-refractivity contribution is -0.110. The number of carbonyl (C=O) groups is 1. The molecule has 1 aliphatic carbocycles. The summed E-state index contributed by atoms with van der Waals surface area (Å²) >= 11 is 3.42. The molecule has 0 bridgehead atoms. The van der Waals surface area contributed by atoms with Crippen LogP contribution in [0, 0.1) is 0 Å². The van der Waals surface area contributed by atoms with E-state index in [9.17, 15) is 4.79 Å². The molecular formula is C19H27BrN2O4. The molecule has 2 fully saturated rings. The van der Waals surface area contributed by atoms with Crippen LogP contribution in [0.1, 0.15) is 46.5 Å². The van der Waals surface area contributed by atoms with Crippen molar-refractivity contribution < 1.29 is 19.0 Å². The van der Waals surface area contributed by atoms with E-state index in [1.165, 1.54) is 0 Å². The number of halogens is 1. The summed E-state index contributed by atoms with van der Waals surface area (Å²) in [4.78, 5) is 18.1. The minimum Gasteiger partial charge on any atom is -0.474 e. The topological polar surface area (TPSA) is 60.9 Å². The predicted octanol–water partition coefficient (Wildman–Crippen LogP) is 4.17. The lowest BCUT2D eigenvalue weighted by atomic mass is 9.91. The molecule has 0 radical (unpaired) electrons. The fourth-order valence-electron chi connectivity index (χ4n) is 3.12. The van der Waals surface area contributed by atoms with Crippen molar-refractivity contribution >= 4 is 22.0 Å². The number of piperidine rings is 1. The lowest BCUT2D eigenvalue weighted by Gasteiger charge is -2.39. The van der Waals surface area contributed by atoms with Gasteiger partial charge in [0, 0.05) is 42.7 Å². The van der Waals surface area contributed by atoms with Gasteiger partial charge in [0.05, 0.1) is 12.2 Å². The van der Waals surface area contributed by atoms with Crippen LogP contribution < -0.4 is 4.74 Å². The average molecular weight is 427 g/mol. The molecule has 0 aromatic carbocycles. The number of pyridine rings is 1. The fourth-order valence-corrected chi connectivity index (χ4v) is 3.43. The second-order valence-electron chi connectivity index (χ2n) is 7.95. The number of likely N-dealkylation sites (tertiary alicyclic amines) is 1. The molecule has 7 heteroatoms. The van der Waals surface area contributed by atoms with Gasteiger partial charge in [-0.15, -0.1) is 0 Å². The van der Waals surface area contributed by atoms with Gasteiger partial charge >= 0.3 is 6.09 Å². The highest BCUT2D eigenvalue weighted by atomic mass is 79.9. The van der Waals surface area contributed by atoms with E-state index in [0.717, 1.165) is 30.2 Å². The van der Waals surface area contributed by atoms with Gasteiger partial charge in [0.2, 0.25) is 5.88 Å². The monoisotopic (exact) mass is 426 g/mol. The Labute approximate surface area is 163 Å². The zero-order valence-electron chi connectivity index (χ0n) is 15.6. The molecule has 6 nitrogen and oxygen atoms in total. The van der Waals surface area contributed by atoms with Crippen molar-refractivity contribution in [3.8, 4) is 5.88 Å². The number of hydrogen-bond acceptors (Lipinski definition) is 5. The van der Waals surface area contributed by atoms with Crippen LogP contribution in [-0.4, -0.2) is 53.0 Å². The first-order valence-electron chi connectivity index (χ1n) is 9.20. The minimum atomic E-state index is -0.450. The third kappa shape index (κ3) is 5.58. The summed E-state index contributed by atoms with van der Waals surface area (Å²) < 4.78 is 18.4. The summed E-state index contributed by atoms with van der Waals surface area (Å²) in [5.74, 6) is 0.647. The van der Waals surface area contributed by atoms with Crippen molar-refractivity contribution in [1.82, 2.24) is 9.88 Å². The SMILES string of the molecule is CC(C)(C)OC(=O)N1CCC(O[C@H]2C[C@H](Oc3cc(Br)ccn3)C2)CC1. The Morgan fingerprint density at radius 1 is 1.19 bits per heavy atom. The maximum atomic E-state index is 12.1. The zero-order valence-corrected chi connectivity index (χ0v) is 17.2. The zero-order chi connectivity index (χ0) is 18.7. The van der Waals surface area contributed by atoms with Gasteiger partial charge in [-0.3, -0.25) is 0 Å². The Bertz CT molecular complexity index is 620. The molecule has 1 aromatic heterocycles. The summed E-state index contributed by atoms with van der Waals surface area (Å²) in [6.45, 7) is 7.04.